The van der Waals surface area contributed by atoms with Crippen molar-refractivity contribution in [3.8, 4) is 11.5 Å². The van der Waals surface area contributed by atoms with Crippen molar-refractivity contribution in [2.75, 3.05) is 6.61 Å². The van der Waals surface area contributed by atoms with Gasteiger partial charge in [0, 0.05) is 9.50 Å². The molecular weight excluding hydrogens is 534 g/mol. The molecule has 0 aliphatic heterocycles. The second kappa shape index (κ2) is 12.9. The lowest BCUT2D eigenvalue weighted by Gasteiger charge is -2.13. The van der Waals surface area contributed by atoms with Crippen LogP contribution in [0.1, 0.15) is 35.3 Å². The highest BCUT2D eigenvalue weighted by Crippen LogP contribution is 2.29. The van der Waals surface area contributed by atoms with E-state index in [-0.39, 0.29) is 5.91 Å². The van der Waals surface area contributed by atoms with E-state index in [2.05, 4.69) is 31.8 Å². The fourth-order valence-electron chi connectivity index (χ4n) is 2.99. The molecule has 0 aliphatic carbocycles. The summed E-state index contributed by atoms with van der Waals surface area (Å²) in [5.74, 6) is 0.339. The van der Waals surface area contributed by atoms with Crippen LogP contribution in [0.2, 0.25) is 5.02 Å². The van der Waals surface area contributed by atoms with E-state index in [4.69, 9.17) is 21.1 Å². The molecule has 0 bridgehead atoms. The molecule has 7 nitrogen and oxygen atoms in total. The number of rotatable bonds is 10. The van der Waals surface area contributed by atoms with Gasteiger partial charge in [-0.2, -0.15) is 5.10 Å². The summed E-state index contributed by atoms with van der Waals surface area (Å²) in [5, 5.41) is 7.32. The normalized spacial score (nSPS) is 11.7. The molecule has 182 valence electrons. The van der Waals surface area contributed by atoms with Crippen molar-refractivity contribution in [1.29, 1.82) is 0 Å². The average molecular weight is 559 g/mol. The Balaban J connectivity index is 1.57. The Morgan fingerprint density at radius 3 is 2.51 bits per heavy atom. The summed E-state index contributed by atoms with van der Waals surface area (Å²) in [7, 11) is 0. The number of nitrogens with one attached hydrogen (secondary N) is 2. The van der Waals surface area contributed by atoms with Crippen LogP contribution in [-0.4, -0.2) is 30.7 Å². The first-order valence-corrected chi connectivity index (χ1v) is 12.1. The Hall–Kier alpha value is -3.36. The van der Waals surface area contributed by atoms with Gasteiger partial charge < -0.3 is 14.8 Å². The van der Waals surface area contributed by atoms with Crippen LogP contribution in [0.25, 0.3) is 0 Å². The molecule has 9 heteroatoms. The molecule has 3 aromatic rings. The third kappa shape index (κ3) is 7.83. The second-order valence-corrected chi connectivity index (χ2v) is 8.75. The zero-order chi connectivity index (χ0) is 25.2. The molecule has 1 atom stereocenters. The monoisotopic (exact) mass is 557 g/mol. The van der Waals surface area contributed by atoms with E-state index in [9.17, 15) is 9.59 Å². The summed E-state index contributed by atoms with van der Waals surface area (Å²) in [6, 6.07) is 19.0. The molecule has 35 heavy (non-hydrogen) atoms. The standard InChI is InChI=1S/C26H25BrClN3O4/c1-3-34-24-14-19(10-13-23(24)35-16-18-8-11-20(28)12-9-18)15-29-31-25(32)17(2)30-26(33)21-6-4-5-7-22(21)27/h4-15,17H,3,16H2,1-2H3,(H,30,33)(H,31,32). The van der Waals surface area contributed by atoms with Crippen molar-refractivity contribution in [1.82, 2.24) is 10.7 Å². The lowest BCUT2D eigenvalue weighted by molar-refractivity contribution is -0.122. The SMILES string of the molecule is CCOc1cc(C=NNC(=O)C(C)NC(=O)c2ccccc2Br)ccc1OCc1ccc(Cl)cc1. The Bertz CT molecular complexity index is 1200. The maximum absolute atomic E-state index is 12.4. The molecule has 0 fully saturated rings. The van der Waals surface area contributed by atoms with Gasteiger partial charge in [-0.15, -0.1) is 0 Å². The number of carbonyl (C=O) groups is 2. The molecule has 0 radical (unpaired) electrons. The van der Waals surface area contributed by atoms with E-state index in [1.807, 2.05) is 31.2 Å². The third-order valence-electron chi connectivity index (χ3n) is 4.82. The summed E-state index contributed by atoms with van der Waals surface area (Å²) in [6.07, 6.45) is 1.49. The van der Waals surface area contributed by atoms with Crippen molar-refractivity contribution in [2.45, 2.75) is 26.5 Å². The van der Waals surface area contributed by atoms with Crippen LogP contribution in [0.5, 0.6) is 11.5 Å². The molecule has 3 rings (SSSR count). The molecule has 0 heterocycles. The van der Waals surface area contributed by atoms with E-state index < -0.39 is 11.9 Å². The fourth-order valence-corrected chi connectivity index (χ4v) is 3.58. The molecule has 1 unspecified atom stereocenters. The molecule has 0 spiro atoms. The van der Waals surface area contributed by atoms with Gasteiger partial charge in [-0.25, -0.2) is 5.43 Å². The molecular formula is C26H25BrClN3O4. The van der Waals surface area contributed by atoms with Gasteiger partial charge in [0.05, 0.1) is 18.4 Å². The van der Waals surface area contributed by atoms with Gasteiger partial charge in [0.25, 0.3) is 11.8 Å². The summed E-state index contributed by atoms with van der Waals surface area (Å²) < 4.78 is 12.2. The predicted octanol–water partition coefficient (Wildman–Crippen LogP) is 5.35. The summed E-state index contributed by atoms with van der Waals surface area (Å²) in [6.45, 7) is 4.29. The van der Waals surface area contributed by atoms with E-state index in [1.165, 1.54) is 6.21 Å². The van der Waals surface area contributed by atoms with Crippen LogP contribution in [0.4, 0.5) is 0 Å². The molecule has 2 N–H and O–H groups in total. The Morgan fingerprint density at radius 1 is 1.06 bits per heavy atom. The highest BCUT2D eigenvalue weighted by Gasteiger charge is 2.17. The fraction of sp³-hybridized carbons (Fsp3) is 0.192. The van der Waals surface area contributed by atoms with Crippen molar-refractivity contribution < 1.29 is 19.1 Å². The smallest absolute Gasteiger partial charge is 0.262 e. The van der Waals surface area contributed by atoms with Gasteiger partial charge in [0.15, 0.2) is 11.5 Å². The predicted molar refractivity (Wildman–Crippen MR) is 140 cm³/mol. The molecule has 0 aliphatic rings. The molecule has 0 saturated heterocycles. The van der Waals surface area contributed by atoms with Gasteiger partial charge in [-0.1, -0.05) is 35.9 Å². The van der Waals surface area contributed by atoms with E-state index in [1.54, 1.807) is 49.4 Å². The van der Waals surface area contributed by atoms with Crippen molar-refractivity contribution in [3.05, 3.63) is 92.9 Å². The van der Waals surface area contributed by atoms with E-state index in [0.717, 1.165) is 5.56 Å². The number of amides is 2. The van der Waals surface area contributed by atoms with Crippen molar-refractivity contribution in [2.24, 2.45) is 5.10 Å². The topological polar surface area (TPSA) is 89.0 Å². The number of ether oxygens (including phenoxy) is 2. The molecule has 2 amide bonds. The lowest BCUT2D eigenvalue weighted by Crippen LogP contribution is -2.43. The lowest BCUT2D eigenvalue weighted by atomic mass is 10.2. The zero-order valence-electron chi connectivity index (χ0n) is 19.3. The number of nitrogens with zero attached hydrogens (tertiary/aromatic N) is 1. The van der Waals surface area contributed by atoms with E-state index >= 15 is 0 Å². The summed E-state index contributed by atoms with van der Waals surface area (Å²) >= 11 is 9.25. The first-order valence-electron chi connectivity index (χ1n) is 10.9. The van der Waals surface area contributed by atoms with Crippen molar-refractivity contribution >= 4 is 45.6 Å². The number of hydrazone groups is 1. The minimum Gasteiger partial charge on any atom is -0.490 e. The number of benzene rings is 3. The highest BCUT2D eigenvalue weighted by atomic mass is 79.9. The number of carbonyl (C=O) groups excluding carboxylic acids is 2. The van der Waals surface area contributed by atoms with Gasteiger partial charge >= 0.3 is 0 Å². The van der Waals surface area contributed by atoms with Crippen LogP contribution in [-0.2, 0) is 11.4 Å². The molecule has 3 aromatic carbocycles. The maximum atomic E-state index is 12.4. The summed E-state index contributed by atoms with van der Waals surface area (Å²) in [4.78, 5) is 24.7. The Morgan fingerprint density at radius 2 is 1.80 bits per heavy atom. The van der Waals surface area contributed by atoms with Gasteiger partial charge in [0.1, 0.15) is 12.6 Å². The highest BCUT2D eigenvalue weighted by molar-refractivity contribution is 9.10. The first kappa shape index (κ1) is 26.2. The first-order chi connectivity index (χ1) is 16.9. The van der Waals surface area contributed by atoms with E-state index in [0.29, 0.717) is 45.3 Å². The van der Waals surface area contributed by atoms with Crippen LogP contribution in [0.3, 0.4) is 0 Å². The van der Waals surface area contributed by atoms with Crippen LogP contribution < -0.4 is 20.2 Å². The molecule has 0 saturated carbocycles. The van der Waals surface area contributed by atoms with Gasteiger partial charge in [-0.3, -0.25) is 9.59 Å². The van der Waals surface area contributed by atoms with Gasteiger partial charge in [0.2, 0.25) is 0 Å². The second-order valence-electron chi connectivity index (χ2n) is 7.46. The maximum Gasteiger partial charge on any atom is 0.262 e. The quantitative estimate of drug-likeness (QED) is 0.259. The Labute approximate surface area is 217 Å². The Kier molecular flexibility index (Phi) is 9.69. The molecule has 0 aromatic heterocycles. The number of hydrogen-bond acceptors (Lipinski definition) is 5. The van der Waals surface area contributed by atoms with Gasteiger partial charge in [-0.05, 0) is 83.4 Å². The largest absolute Gasteiger partial charge is 0.490 e. The van der Waals surface area contributed by atoms with Crippen LogP contribution >= 0.6 is 27.5 Å². The number of hydrogen-bond donors (Lipinski definition) is 2. The average Bonchev–Trinajstić information content (AvgIpc) is 2.85. The van der Waals surface area contributed by atoms with Crippen molar-refractivity contribution in [3.63, 3.8) is 0 Å². The number of halogens is 2. The van der Waals surface area contributed by atoms with Crippen LogP contribution in [0, 0.1) is 0 Å². The minimum atomic E-state index is -0.783. The zero-order valence-corrected chi connectivity index (χ0v) is 21.6. The van der Waals surface area contributed by atoms with Crippen LogP contribution in [0.15, 0.2) is 76.3 Å². The third-order valence-corrected chi connectivity index (χ3v) is 5.77. The summed E-state index contributed by atoms with van der Waals surface area (Å²) in [5.41, 5.74) is 4.57. The minimum absolute atomic E-state index is 0.361.